The molecule has 0 fully saturated rings. The number of hydrogen-bond donors (Lipinski definition) is 1. The lowest BCUT2D eigenvalue weighted by Gasteiger charge is -2.09. The van der Waals surface area contributed by atoms with Gasteiger partial charge in [0.2, 0.25) is 0 Å². The molecule has 144 valence electrons. The van der Waals surface area contributed by atoms with E-state index in [1.807, 2.05) is 0 Å². The van der Waals surface area contributed by atoms with Crippen LogP contribution in [0.25, 0.3) is 22.6 Å². The van der Waals surface area contributed by atoms with Crippen molar-refractivity contribution in [2.24, 2.45) is 0 Å². The Morgan fingerprint density at radius 1 is 0.897 bits per heavy atom. The third-order valence-electron chi connectivity index (χ3n) is 4.23. The van der Waals surface area contributed by atoms with E-state index in [0.29, 0.717) is 11.4 Å². The summed E-state index contributed by atoms with van der Waals surface area (Å²) >= 11 is 0. The number of hydrogen-bond acceptors (Lipinski definition) is 4. The predicted octanol–water partition coefficient (Wildman–Crippen LogP) is 2.99. The van der Waals surface area contributed by atoms with E-state index in [0.717, 1.165) is 23.8 Å². The molecule has 0 saturated heterocycles. The van der Waals surface area contributed by atoms with Crippen molar-refractivity contribution in [3.8, 4) is 22.6 Å². The smallest absolute Gasteiger partial charge is 0.267 e. The molecule has 4 aromatic rings. The molecule has 0 amide bonds. The van der Waals surface area contributed by atoms with E-state index in [4.69, 9.17) is 0 Å². The Balaban J connectivity index is 1.69. The Morgan fingerprint density at radius 3 is 2.45 bits per heavy atom. The van der Waals surface area contributed by atoms with Crippen LogP contribution in [0.15, 0.2) is 76.4 Å². The summed E-state index contributed by atoms with van der Waals surface area (Å²) in [6.07, 6.45) is 1.41. The molecule has 0 bridgehead atoms. The molecule has 0 aliphatic carbocycles. The lowest BCUT2D eigenvalue weighted by atomic mass is 10.1. The Bertz CT molecular complexity index is 1290. The van der Waals surface area contributed by atoms with Gasteiger partial charge in [-0.25, -0.2) is 18.4 Å². The van der Waals surface area contributed by atoms with Crippen LogP contribution in [-0.2, 0) is 6.54 Å². The maximum atomic E-state index is 13.5. The number of rotatable bonds is 4. The van der Waals surface area contributed by atoms with E-state index in [2.05, 4.69) is 15.1 Å². The lowest BCUT2D eigenvalue weighted by molar-refractivity contribution is 0.583. The van der Waals surface area contributed by atoms with Crippen molar-refractivity contribution in [3.63, 3.8) is 0 Å². The summed E-state index contributed by atoms with van der Waals surface area (Å²) in [5.41, 5.74) is 1.29. The minimum Gasteiger partial charge on any atom is -0.307 e. The molecule has 2 aromatic heterocycles. The molecule has 6 nitrogen and oxygen atoms in total. The molecular weight excluding hydrogens is 378 g/mol. The molecule has 1 N–H and O–H groups in total. The molecule has 0 unspecified atom stereocenters. The summed E-state index contributed by atoms with van der Waals surface area (Å²) in [4.78, 5) is 30.5. The van der Waals surface area contributed by atoms with Crippen molar-refractivity contribution in [3.05, 3.63) is 105 Å². The van der Waals surface area contributed by atoms with Crippen molar-refractivity contribution >= 4 is 0 Å². The predicted molar refractivity (Wildman–Crippen MR) is 103 cm³/mol. The Morgan fingerprint density at radius 2 is 1.69 bits per heavy atom. The monoisotopic (exact) mass is 392 g/mol. The van der Waals surface area contributed by atoms with Gasteiger partial charge in [-0.2, -0.15) is 5.10 Å². The Kier molecular flexibility index (Phi) is 4.82. The van der Waals surface area contributed by atoms with Crippen LogP contribution in [0.2, 0.25) is 0 Å². The molecule has 0 atom stereocenters. The highest BCUT2D eigenvalue weighted by Crippen LogP contribution is 2.19. The molecule has 0 spiro atoms. The minimum absolute atomic E-state index is 0.134. The SMILES string of the molecule is O=c1ccnc(-c2cccc(Cn3nc(-c4cc(F)cc(F)c4)ccc3=O)c2)[nH]1. The van der Waals surface area contributed by atoms with Gasteiger partial charge in [0, 0.05) is 35.5 Å². The number of aromatic amines is 1. The third-order valence-corrected chi connectivity index (χ3v) is 4.23. The average Bonchev–Trinajstić information content (AvgIpc) is 2.69. The standard InChI is InChI=1S/C21H14F2N4O2/c22-16-9-15(10-17(23)11-16)18-4-5-20(29)27(26-18)12-13-2-1-3-14(8-13)21-24-7-6-19(28)25-21/h1-11H,12H2,(H,24,25,28). The normalized spacial score (nSPS) is 10.8. The highest BCUT2D eigenvalue weighted by atomic mass is 19.1. The highest BCUT2D eigenvalue weighted by Gasteiger charge is 2.08. The van der Waals surface area contributed by atoms with Crippen LogP contribution in [0.1, 0.15) is 5.56 Å². The molecule has 0 aliphatic rings. The van der Waals surface area contributed by atoms with E-state index >= 15 is 0 Å². The van der Waals surface area contributed by atoms with Crippen LogP contribution in [0.4, 0.5) is 8.78 Å². The summed E-state index contributed by atoms with van der Waals surface area (Å²) in [5, 5.41) is 4.23. The van der Waals surface area contributed by atoms with Gasteiger partial charge in [0.05, 0.1) is 12.2 Å². The number of benzene rings is 2. The molecule has 2 heterocycles. The van der Waals surface area contributed by atoms with Crippen molar-refractivity contribution in [2.75, 3.05) is 0 Å². The first-order valence-electron chi connectivity index (χ1n) is 8.67. The van der Waals surface area contributed by atoms with Crippen molar-refractivity contribution in [2.45, 2.75) is 6.54 Å². The second-order valence-corrected chi connectivity index (χ2v) is 6.36. The fraction of sp³-hybridized carbons (Fsp3) is 0.0476. The minimum atomic E-state index is -0.725. The van der Waals surface area contributed by atoms with Gasteiger partial charge in [0.15, 0.2) is 0 Å². The quantitative estimate of drug-likeness (QED) is 0.579. The fourth-order valence-corrected chi connectivity index (χ4v) is 2.92. The van der Waals surface area contributed by atoms with E-state index in [1.54, 1.807) is 24.3 Å². The first kappa shape index (κ1) is 18.4. The van der Waals surface area contributed by atoms with Crippen LogP contribution >= 0.6 is 0 Å². The number of aromatic nitrogens is 4. The van der Waals surface area contributed by atoms with Gasteiger partial charge in [-0.15, -0.1) is 0 Å². The second kappa shape index (κ2) is 7.59. The Hall–Kier alpha value is -3.94. The number of halogens is 2. The first-order chi connectivity index (χ1) is 14.0. The van der Waals surface area contributed by atoms with E-state index in [-0.39, 0.29) is 28.9 Å². The topological polar surface area (TPSA) is 80.6 Å². The van der Waals surface area contributed by atoms with Crippen LogP contribution < -0.4 is 11.1 Å². The van der Waals surface area contributed by atoms with Gasteiger partial charge in [-0.1, -0.05) is 18.2 Å². The highest BCUT2D eigenvalue weighted by molar-refractivity contribution is 5.58. The van der Waals surface area contributed by atoms with Gasteiger partial charge in [0.25, 0.3) is 11.1 Å². The summed E-state index contributed by atoms with van der Waals surface area (Å²) in [5.74, 6) is -1.04. The van der Waals surface area contributed by atoms with Gasteiger partial charge >= 0.3 is 0 Å². The summed E-state index contributed by atoms with van der Waals surface area (Å²) in [7, 11) is 0. The average molecular weight is 392 g/mol. The third kappa shape index (κ3) is 4.16. The zero-order valence-corrected chi connectivity index (χ0v) is 15.0. The van der Waals surface area contributed by atoms with Gasteiger partial charge in [-0.05, 0) is 29.8 Å². The van der Waals surface area contributed by atoms with Gasteiger partial charge in [0.1, 0.15) is 17.5 Å². The van der Waals surface area contributed by atoms with Crippen LogP contribution in [0.5, 0.6) is 0 Å². The van der Waals surface area contributed by atoms with E-state index < -0.39 is 11.6 Å². The van der Waals surface area contributed by atoms with Gasteiger partial charge in [-0.3, -0.25) is 9.59 Å². The summed E-state index contributed by atoms with van der Waals surface area (Å²) < 4.78 is 28.2. The molecule has 0 radical (unpaired) electrons. The van der Waals surface area contributed by atoms with Crippen molar-refractivity contribution < 1.29 is 8.78 Å². The number of H-pyrrole nitrogens is 1. The van der Waals surface area contributed by atoms with Crippen molar-refractivity contribution in [1.29, 1.82) is 0 Å². The van der Waals surface area contributed by atoms with Crippen molar-refractivity contribution in [1.82, 2.24) is 19.7 Å². The number of nitrogens with one attached hydrogen (secondary N) is 1. The van der Waals surface area contributed by atoms with E-state index in [9.17, 15) is 18.4 Å². The molecule has 0 aliphatic heterocycles. The molecule has 29 heavy (non-hydrogen) atoms. The molecule has 2 aromatic carbocycles. The van der Waals surface area contributed by atoms with Crippen LogP contribution in [0.3, 0.4) is 0 Å². The molecule has 4 rings (SSSR count). The Labute approximate surface area is 163 Å². The first-order valence-corrected chi connectivity index (χ1v) is 8.67. The second-order valence-electron chi connectivity index (χ2n) is 6.36. The maximum absolute atomic E-state index is 13.5. The van der Waals surface area contributed by atoms with Gasteiger partial charge < -0.3 is 4.98 Å². The summed E-state index contributed by atoms with van der Waals surface area (Å²) in [6.45, 7) is 0.134. The van der Waals surface area contributed by atoms with Crippen LogP contribution in [0, 0.1) is 11.6 Å². The zero-order valence-electron chi connectivity index (χ0n) is 15.0. The molecule has 8 heteroatoms. The molecule has 0 saturated carbocycles. The lowest BCUT2D eigenvalue weighted by Crippen LogP contribution is -2.22. The van der Waals surface area contributed by atoms with E-state index in [1.165, 1.54) is 29.1 Å². The summed E-state index contributed by atoms with van der Waals surface area (Å²) in [6, 6.07) is 14.2. The maximum Gasteiger partial charge on any atom is 0.267 e. The molecular formula is C21H14F2N4O2. The van der Waals surface area contributed by atoms with Crippen LogP contribution in [-0.4, -0.2) is 19.7 Å². The number of nitrogens with zero attached hydrogens (tertiary/aromatic N) is 3. The fourth-order valence-electron chi connectivity index (χ4n) is 2.92. The zero-order chi connectivity index (χ0) is 20.4. The largest absolute Gasteiger partial charge is 0.307 e.